The Labute approximate surface area is 196 Å². The molecule has 1 amide bonds. The van der Waals surface area contributed by atoms with Gasteiger partial charge >= 0.3 is 11.9 Å². The predicted molar refractivity (Wildman–Crippen MR) is 125 cm³/mol. The van der Waals surface area contributed by atoms with Gasteiger partial charge in [0.1, 0.15) is 17.2 Å². The van der Waals surface area contributed by atoms with Crippen molar-refractivity contribution in [2.45, 2.75) is 31.4 Å². The second-order valence-electron chi connectivity index (χ2n) is 8.13. The predicted octanol–water partition coefficient (Wildman–Crippen LogP) is 3.01. The third-order valence-corrected chi connectivity index (χ3v) is 7.48. The number of allylic oxidation sites excluding steroid dienone is 1. The van der Waals surface area contributed by atoms with E-state index in [0.717, 1.165) is 11.1 Å². The fourth-order valence-corrected chi connectivity index (χ4v) is 5.73. The number of hydrogen-bond acceptors (Lipinski definition) is 7. The number of nitrogens with zero attached hydrogens (tertiary/aromatic N) is 1. The number of thioether (sulfide) groups is 1. The molecule has 0 bridgehead atoms. The average Bonchev–Trinajstić information content (AvgIpc) is 2.85. The molecule has 0 aromatic heterocycles. The van der Waals surface area contributed by atoms with Gasteiger partial charge in [0, 0.05) is 19.2 Å². The van der Waals surface area contributed by atoms with Crippen molar-refractivity contribution in [2.75, 3.05) is 12.3 Å². The number of amides is 1. The zero-order valence-corrected chi connectivity index (χ0v) is 19.3. The van der Waals surface area contributed by atoms with Crippen LogP contribution >= 0.6 is 11.8 Å². The zero-order chi connectivity index (χ0) is 23.6. The number of carbonyl (C=O) groups is 3. The van der Waals surface area contributed by atoms with Gasteiger partial charge in [-0.25, -0.2) is 0 Å². The van der Waals surface area contributed by atoms with E-state index < -0.39 is 29.5 Å². The van der Waals surface area contributed by atoms with E-state index in [1.807, 2.05) is 60.7 Å². The molecule has 4 rings (SSSR count). The molecule has 2 aromatic carbocycles. The summed E-state index contributed by atoms with van der Waals surface area (Å²) in [6, 6.07) is 18.3. The average molecular weight is 467 g/mol. The van der Waals surface area contributed by atoms with Crippen LogP contribution in [0.15, 0.2) is 72.5 Å². The maximum Gasteiger partial charge on any atom is 0.323 e. The number of ether oxygens (including phenoxy) is 2. The van der Waals surface area contributed by atoms with Crippen LogP contribution in [0.3, 0.4) is 0 Å². The smallest absolute Gasteiger partial charge is 0.323 e. The van der Waals surface area contributed by atoms with Crippen LogP contribution < -0.4 is 5.73 Å². The first-order chi connectivity index (χ1) is 15.9. The number of nitrogens with two attached hydrogens (primary N) is 1. The van der Waals surface area contributed by atoms with Gasteiger partial charge in [0.05, 0.1) is 0 Å². The van der Waals surface area contributed by atoms with Crippen molar-refractivity contribution in [2.24, 2.45) is 11.1 Å². The van der Waals surface area contributed by atoms with Crippen LogP contribution in [-0.4, -0.2) is 46.5 Å². The molecule has 0 spiro atoms. The number of fused-ring (bicyclic) bond motifs is 1. The Morgan fingerprint density at radius 1 is 1.12 bits per heavy atom. The Morgan fingerprint density at radius 3 is 2.21 bits per heavy atom. The zero-order valence-electron chi connectivity index (χ0n) is 18.5. The van der Waals surface area contributed by atoms with Crippen LogP contribution in [0.4, 0.5) is 0 Å². The summed E-state index contributed by atoms with van der Waals surface area (Å²) in [6.07, 6.45) is 0.928. The molecule has 2 saturated heterocycles. The molecule has 2 N–H and O–H groups in total. The molecule has 172 valence electrons. The van der Waals surface area contributed by atoms with Gasteiger partial charge in [-0.1, -0.05) is 60.7 Å². The van der Waals surface area contributed by atoms with Crippen molar-refractivity contribution in [3.63, 3.8) is 0 Å². The molecule has 8 heteroatoms. The Balaban J connectivity index is 1.71. The van der Waals surface area contributed by atoms with E-state index in [-0.39, 0.29) is 29.3 Å². The molecule has 0 saturated carbocycles. The lowest BCUT2D eigenvalue weighted by Crippen LogP contribution is -2.72. The summed E-state index contributed by atoms with van der Waals surface area (Å²) in [7, 11) is 0. The van der Waals surface area contributed by atoms with Crippen molar-refractivity contribution in [3.05, 3.63) is 83.6 Å². The first-order valence-electron chi connectivity index (χ1n) is 10.7. The Kier molecular flexibility index (Phi) is 6.58. The maximum atomic E-state index is 13.9. The lowest BCUT2D eigenvalue weighted by atomic mass is 9.84. The highest BCUT2D eigenvalue weighted by atomic mass is 32.2. The number of β-lactam (4-membered cyclic amide) rings is 1. The minimum absolute atomic E-state index is 0.0410. The molecule has 2 aliphatic rings. The largest absolute Gasteiger partial charge is 0.452 e. The van der Waals surface area contributed by atoms with E-state index in [4.69, 9.17) is 15.2 Å². The summed E-state index contributed by atoms with van der Waals surface area (Å²) in [6.45, 7) is 3.02. The third kappa shape index (κ3) is 4.28. The molecule has 7 nitrogen and oxygen atoms in total. The molecular weight excluding hydrogens is 440 g/mol. The summed E-state index contributed by atoms with van der Waals surface area (Å²) in [5.74, 6) is -0.882. The normalized spacial score (nSPS) is 24.7. The second-order valence-corrected chi connectivity index (χ2v) is 9.23. The molecule has 2 aliphatic heterocycles. The summed E-state index contributed by atoms with van der Waals surface area (Å²) in [4.78, 5) is 39.7. The van der Waals surface area contributed by atoms with Crippen LogP contribution in [0.1, 0.15) is 31.1 Å². The molecule has 2 aromatic rings. The van der Waals surface area contributed by atoms with Gasteiger partial charge in [0.25, 0.3) is 0 Å². The van der Waals surface area contributed by atoms with E-state index in [1.54, 1.807) is 17.9 Å². The van der Waals surface area contributed by atoms with Crippen LogP contribution in [0.25, 0.3) is 0 Å². The van der Waals surface area contributed by atoms with E-state index in [0.29, 0.717) is 0 Å². The number of esters is 2. The van der Waals surface area contributed by atoms with Gasteiger partial charge in [0.2, 0.25) is 5.91 Å². The first kappa shape index (κ1) is 23.1. The Hall–Kier alpha value is -3.10. The quantitative estimate of drug-likeness (QED) is 0.397. The van der Waals surface area contributed by atoms with Crippen LogP contribution in [-0.2, 0) is 23.9 Å². The van der Waals surface area contributed by atoms with Gasteiger partial charge in [0.15, 0.2) is 11.5 Å². The lowest BCUT2D eigenvalue weighted by Gasteiger charge is -2.53. The summed E-state index contributed by atoms with van der Waals surface area (Å²) >= 11 is 1.40. The minimum Gasteiger partial charge on any atom is -0.452 e. The molecular formula is C25H26N2O5S. The summed E-state index contributed by atoms with van der Waals surface area (Å²) < 4.78 is 11.6. The van der Waals surface area contributed by atoms with E-state index in [9.17, 15) is 14.4 Å². The highest BCUT2D eigenvalue weighted by Crippen LogP contribution is 2.47. The molecule has 0 radical (unpaired) electrons. The van der Waals surface area contributed by atoms with Crippen LogP contribution in [0, 0.1) is 5.41 Å². The fraction of sp³-hybridized carbons (Fsp3) is 0.320. The molecule has 2 unspecified atom stereocenters. The molecule has 0 aliphatic carbocycles. The summed E-state index contributed by atoms with van der Waals surface area (Å²) in [5, 5.41) is -0.201. The fourth-order valence-electron chi connectivity index (χ4n) is 4.24. The van der Waals surface area contributed by atoms with Gasteiger partial charge in [-0.05, 0) is 24.1 Å². The van der Waals surface area contributed by atoms with Crippen molar-refractivity contribution >= 4 is 29.6 Å². The standard InChI is InChI=1S/C25H26N2O5S/c1-3-19(31-16(2)28)25(14-27-22(29)20(26)23(27)33-15-25)24(30)32-21(17-10-6-4-7-11-17)18-12-8-5-9-13-18/h3-13,20-21,23H,14-15,26H2,1-2H3/t20?,23-,25?/m1/s1. The van der Waals surface area contributed by atoms with Gasteiger partial charge < -0.3 is 20.1 Å². The van der Waals surface area contributed by atoms with Gasteiger partial charge in [-0.15, -0.1) is 11.8 Å². The topological polar surface area (TPSA) is 98.9 Å². The van der Waals surface area contributed by atoms with Crippen molar-refractivity contribution in [1.29, 1.82) is 0 Å². The van der Waals surface area contributed by atoms with Crippen molar-refractivity contribution in [1.82, 2.24) is 4.90 Å². The maximum absolute atomic E-state index is 13.9. The molecule has 33 heavy (non-hydrogen) atoms. The van der Waals surface area contributed by atoms with Gasteiger partial charge in [-0.3, -0.25) is 14.4 Å². The lowest BCUT2D eigenvalue weighted by molar-refractivity contribution is -0.165. The first-order valence-corrected chi connectivity index (χ1v) is 11.8. The highest BCUT2D eigenvalue weighted by Gasteiger charge is 2.59. The summed E-state index contributed by atoms with van der Waals surface area (Å²) in [5.41, 5.74) is 6.22. The number of hydrogen-bond donors (Lipinski definition) is 1. The van der Waals surface area contributed by atoms with Crippen molar-refractivity contribution < 1.29 is 23.9 Å². The van der Waals surface area contributed by atoms with Crippen LogP contribution in [0.2, 0.25) is 0 Å². The SMILES string of the molecule is CC=C(OC(C)=O)C1(C(=O)OC(c2ccccc2)c2ccccc2)CS[C@@H]2C(N)C(=O)N2C1. The monoisotopic (exact) mass is 466 g/mol. The Bertz CT molecular complexity index is 1040. The van der Waals surface area contributed by atoms with Gasteiger partial charge in [-0.2, -0.15) is 0 Å². The molecule has 2 heterocycles. The number of rotatable bonds is 6. The number of benzene rings is 2. The number of carbonyl (C=O) groups excluding carboxylic acids is 3. The molecule has 2 fully saturated rings. The van der Waals surface area contributed by atoms with Crippen molar-refractivity contribution in [3.8, 4) is 0 Å². The van der Waals surface area contributed by atoms with Crippen LogP contribution in [0.5, 0.6) is 0 Å². The van der Waals surface area contributed by atoms with E-state index >= 15 is 0 Å². The minimum atomic E-state index is -1.33. The molecule has 3 atom stereocenters. The highest BCUT2D eigenvalue weighted by molar-refractivity contribution is 8.00. The van der Waals surface area contributed by atoms with E-state index in [2.05, 4.69) is 0 Å². The Morgan fingerprint density at radius 2 is 1.70 bits per heavy atom. The third-order valence-electron chi connectivity index (χ3n) is 5.93. The second kappa shape index (κ2) is 9.41. The van der Waals surface area contributed by atoms with E-state index in [1.165, 1.54) is 18.7 Å².